The van der Waals surface area contributed by atoms with E-state index in [0.29, 0.717) is 25.0 Å². The Kier molecular flexibility index (Phi) is 5.31. The van der Waals surface area contributed by atoms with Crippen molar-refractivity contribution in [3.8, 4) is 0 Å². The van der Waals surface area contributed by atoms with E-state index in [0.717, 1.165) is 18.7 Å². The van der Waals surface area contributed by atoms with Crippen LogP contribution in [0.15, 0.2) is 54.6 Å². The predicted molar refractivity (Wildman–Crippen MR) is 90.1 cm³/mol. The molecule has 1 aliphatic rings. The smallest absolute Gasteiger partial charge is 0.337 e. The van der Waals surface area contributed by atoms with Crippen molar-refractivity contribution in [2.45, 2.75) is 31.8 Å². The van der Waals surface area contributed by atoms with Crippen molar-refractivity contribution in [1.82, 2.24) is 9.55 Å². The zero-order chi connectivity index (χ0) is 16.8. The number of esters is 1. The fourth-order valence-corrected chi connectivity index (χ4v) is 2.79. The molecule has 0 N–H and O–H groups in total. The van der Waals surface area contributed by atoms with Crippen molar-refractivity contribution in [1.29, 1.82) is 0 Å². The lowest BCUT2D eigenvalue weighted by molar-refractivity contribution is -0.146. The van der Waals surface area contributed by atoms with Gasteiger partial charge in [-0.05, 0) is 31.2 Å². The van der Waals surface area contributed by atoms with Gasteiger partial charge in [-0.2, -0.15) is 0 Å². The summed E-state index contributed by atoms with van der Waals surface area (Å²) in [5.41, 5.74) is 1.81. The average molecular weight is 326 g/mol. The molecule has 5 heteroatoms. The molecule has 0 radical (unpaired) electrons. The molecule has 0 saturated carbocycles. The highest BCUT2D eigenvalue weighted by molar-refractivity contribution is 5.88. The Morgan fingerprint density at radius 3 is 2.88 bits per heavy atom. The van der Waals surface area contributed by atoms with Crippen LogP contribution in [0.5, 0.6) is 0 Å². The number of hydrogen-bond donors (Lipinski definition) is 0. The largest absolute Gasteiger partial charge is 0.501 e. The summed E-state index contributed by atoms with van der Waals surface area (Å²) in [6.07, 6.45) is 7.79. The average Bonchev–Trinajstić information content (AvgIpc) is 3.06. The van der Waals surface area contributed by atoms with Crippen LogP contribution in [0, 0.1) is 0 Å². The summed E-state index contributed by atoms with van der Waals surface area (Å²) in [4.78, 5) is 16.8. The number of imidazole rings is 1. The molecule has 0 aliphatic carbocycles. The maximum Gasteiger partial charge on any atom is 0.337 e. The van der Waals surface area contributed by atoms with Crippen molar-refractivity contribution in [3.63, 3.8) is 0 Å². The number of carbonyl (C=O) groups excluding carboxylic acids is 1. The molecule has 0 bridgehead atoms. The third-order valence-corrected chi connectivity index (χ3v) is 4.13. The van der Waals surface area contributed by atoms with Gasteiger partial charge in [0.05, 0.1) is 18.4 Å². The molecule has 2 aromatic rings. The number of ether oxygens (including phenoxy) is 2. The van der Waals surface area contributed by atoms with Crippen LogP contribution in [-0.4, -0.2) is 22.1 Å². The van der Waals surface area contributed by atoms with Crippen molar-refractivity contribution in [2.75, 3.05) is 6.61 Å². The second kappa shape index (κ2) is 7.81. The zero-order valence-corrected chi connectivity index (χ0v) is 13.9. The molecular weight excluding hydrogens is 304 g/mol. The molecular formula is C19H22N2O3. The summed E-state index contributed by atoms with van der Waals surface area (Å²) in [6, 6.07) is 10.2. The van der Waals surface area contributed by atoms with Crippen LogP contribution < -0.4 is 0 Å². The molecule has 3 rings (SSSR count). The fraction of sp³-hybridized carbons (Fsp3) is 0.368. The molecule has 0 fully saturated rings. The van der Waals surface area contributed by atoms with Crippen LogP contribution in [0.4, 0.5) is 0 Å². The van der Waals surface area contributed by atoms with E-state index in [-0.39, 0.29) is 12.1 Å². The molecule has 5 nitrogen and oxygen atoms in total. The van der Waals surface area contributed by atoms with Crippen molar-refractivity contribution < 1.29 is 14.3 Å². The van der Waals surface area contributed by atoms with Crippen LogP contribution in [0.2, 0.25) is 0 Å². The lowest BCUT2D eigenvalue weighted by atomic mass is 10.1. The Bertz CT molecular complexity index is 706. The van der Waals surface area contributed by atoms with E-state index in [1.54, 1.807) is 6.20 Å². The molecule has 24 heavy (non-hydrogen) atoms. The Balaban J connectivity index is 1.71. The highest BCUT2D eigenvalue weighted by Gasteiger charge is 2.23. The quantitative estimate of drug-likeness (QED) is 0.764. The predicted octanol–water partition coefficient (Wildman–Crippen LogP) is 3.33. The number of rotatable bonds is 6. The van der Waals surface area contributed by atoms with Crippen molar-refractivity contribution >= 4 is 5.97 Å². The number of benzene rings is 1. The normalized spacial score (nSPS) is 15.3. The third kappa shape index (κ3) is 4.04. The monoisotopic (exact) mass is 326 g/mol. The Morgan fingerprint density at radius 1 is 1.38 bits per heavy atom. The van der Waals surface area contributed by atoms with Gasteiger partial charge in [0, 0.05) is 19.4 Å². The van der Waals surface area contributed by atoms with Crippen LogP contribution in [0.3, 0.4) is 0 Å². The number of aryl methyl sites for hydroxylation is 2. The van der Waals surface area contributed by atoms with Crippen molar-refractivity contribution in [2.24, 2.45) is 7.05 Å². The molecule has 1 unspecified atom stereocenters. The first-order valence-electron chi connectivity index (χ1n) is 8.27. The first-order chi connectivity index (χ1) is 11.7. The van der Waals surface area contributed by atoms with Crippen molar-refractivity contribution in [3.05, 3.63) is 65.9 Å². The van der Waals surface area contributed by atoms with Gasteiger partial charge in [0.25, 0.3) is 0 Å². The maximum absolute atomic E-state index is 12.4. The van der Waals surface area contributed by atoms with Gasteiger partial charge in [-0.1, -0.05) is 30.3 Å². The number of nitrogens with zero attached hydrogens (tertiary/aromatic N) is 2. The van der Waals surface area contributed by atoms with E-state index in [1.807, 2.05) is 36.0 Å². The number of hydrogen-bond acceptors (Lipinski definition) is 4. The Labute approximate surface area is 141 Å². The number of aromatic nitrogens is 2. The molecule has 1 aliphatic heterocycles. The molecule has 1 atom stereocenters. The van der Waals surface area contributed by atoms with Gasteiger partial charge in [0.2, 0.25) is 0 Å². The van der Waals surface area contributed by atoms with E-state index in [1.165, 1.54) is 11.8 Å². The topological polar surface area (TPSA) is 53.4 Å². The van der Waals surface area contributed by atoms with Gasteiger partial charge in [-0.15, -0.1) is 0 Å². The lowest BCUT2D eigenvalue weighted by Crippen LogP contribution is -2.19. The van der Waals surface area contributed by atoms with Gasteiger partial charge < -0.3 is 14.0 Å². The van der Waals surface area contributed by atoms with Gasteiger partial charge in [-0.25, -0.2) is 9.78 Å². The zero-order valence-electron chi connectivity index (χ0n) is 13.9. The van der Waals surface area contributed by atoms with Crippen LogP contribution in [-0.2, 0) is 27.7 Å². The van der Waals surface area contributed by atoms with E-state index in [9.17, 15) is 4.79 Å². The Hall–Kier alpha value is -2.56. The third-order valence-electron chi connectivity index (χ3n) is 4.13. The second-order valence-electron chi connectivity index (χ2n) is 5.93. The summed E-state index contributed by atoms with van der Waals surface area (Å²) in [5, 5.41) is 0. The molecule has 0 saturated heterocycles. The van der Waals surface area contributed by atoms with Crippen LogP contribution in [0.25, 0.3) is 0 Å². The van der Waals surface area contributed by atoms with Crippen LogP contribution >= 0.6 is 0 Å². The van der Waals surface area contributed by atoms with Gasteiger partial charge in [0.1, 0.15) is 5.82 Å². The minimum Gasteiger partial charge on any atom is -0.501 e. The lowest BCUT2D eigenvalue weighted by Gasteiger charge is -2.20. The fourth-order valence-electron chi connectivity index (χ4n) is 2.79. The maximum atomic E-state index is 12.4. The van der Waals surface area contributed by atoms with E-state index >= 15 is 0 Å². The SMILES string of the molecule is Cn1ccnc1C(CCc1ccccc1)OC(=O)C1=COCCC1. The van der Waals surface area contributed by atoms with Gasteiger partial charge in [-0.3, -0.25) is 0 Å². The number of carbonyl (C=O) groups is 1. The highest BCUT2D eigenvalue weighted by Crippen LogP contribution is 2.24. The summed E-state index contributed by atoms with van der Waals surface area (Å²) < 4.78 is 12.9. The minimum atomic E-state index is -0.375. The standard InChI is InChI=1S/C19H22N2O3/c1-21-12-11-20-18(21)17(10-9-15-6-3-2-4-7-15)24-19(22)16-8-5-13-23-14-16/h2-4,6-7,11-12,14,17H,5,8-10,13H2,1H3. The first kappa shape index (κ1) is 16.3. The van der Waals surface area contributed by atoms with E-state index in [2.05, 4.69) is 17.1 Å². The van der Waals surface area contributed by atoms with Crippen LogP contribution in [0.1, 0.15) is 36.8 Å². The molecule has 1 aromatic heterocycles. The van der Waals surface area contributed by atoms with E-state index in [4.69, 9.17) is 9.47 Å². The molecule has 1 aromatic carbocycles. The summed E-state index contributed by atoms with van der Waals surface area (Å²) >= 11 is 0. The molecule has 2 heterocycles. The minimum absolute atomic E-state index is 0.309. The molecule has 126 valence electrons. The van der Waals surface area contributed by atoms with E-state index < -0.39 is 0 Å². The molecule has 0 amide bonds. The van der Waals surface area contributed by atoms with Gasteiger partial charge >= 0.3 is 5.97 Å². The second-order valence-corrected chi connectivity index (χ2v) is 5.93. The summed E-state index contributed by atoms with van der Waals surface area (Å²) in [7, 11) is 1.91. The Morgan fingerprint density at radius 2 is 2.21 bits per heavy atom. The first-order valence-corrected chi connectivity index (χ1v) is 8.27. The summed E-state index contributed by atoms with van der Waals surface area (Å²) in [5.74, 6) is 0.451. The molecule has 0 spiro atoms. The highest BCUT2D eigenvalue weighted by atomic mass is 16.5. The van der Waals surface area contributed by atoms with Gasteiger partial charge in [0.15, 0.2) is 6.10 Å². The summed E-state index contributed by atoms with van der Waals surface area (Å²) in [6.45, 7) is 0.660.